The third kappa shape index (κ3) is 6.34. The van der Waals surface area contributed by atoms with Gasteiger partial charge in [-0.15, -0.1) is 0 Å². The standard InChI is InChI=1S/C23H26O5/c1-16(2)5-4-14-28-20-12-10-18(11-13-20)22(25)15-21(24)17-6-8-19(9-7-17)23(26)27-3/h6-13,16H,4-5,14-15H2,1-3H3. The predicted octanol–water partition coefficient (Wildman–Crippen LogP) is 4.74. The first kappa shape index (κ1) is 21.4. The molecule has 0 N–H and O–H groups in total. The lowest BCUT2D eigenvalue weighted by Gasteiger charge is -2.08. The Morgan fingerprint density at radius 2 is 1.32 bits per heavy atom. The van der Waals surface area contributed by atoms with E-state index in [9.17, 15) is 14.4 Å². The Labute approximate surface area is 165 Å². The maximum atomic E-state index is 12.4. The lowest BCUT2D eigenvalue weighted by atomic mass is 10.0. The van der Waals surface area contributed by atoms with Crippen LogP contribution in [0, 0.1) is 5.92 Å². The molecule has 2 aromatic carbocycles. The number of esters is 1. The van der Waals surface area contributed by atoms with Crippen LogP contribution in [0.2, 0.25) is 0 Å². The second kappa shape index (κ2) is 10.4. The molecule has 0 saturated carbocycles. The third-order valence-electron chi connectivity index (χ3n) is 4.32. The van der Waals surface area contributed by atoms with Gasteiger partial charge in [0.2, 0.25) is 0 Å². The summed E-state index contributed by atoms with van der Waals surface area (Å²) in [6, 6.07) is 12.9. The van der Waals surface area contributed by atoms with Crippen molar-refractivity contribution in [3.63, 3.8) is 0 Å². The average molecular weight is 382 g/mol. The van der Waals surface area contributed by atoms with E-state index in [0.717, 1.165) is 12.8 Å². The van der Waals surface area contributed by atoms with Crippen LogP contribution in [0.15, 0.2) is 48.5 Å². The molecule has 2 rings (SSSR count). The van der Waals surface area contributed by atoms with E-state index in [1.165, 1.54) is 31.4 Å². The molecule has 5 nitrogen and oxygen atoms in total. The van der Waals surface area contributed by atoms with Crippen LogP contribution < -0.4 is 4.74 Å². The van der Waals surface area contributed by atoms with Crippen molar-refractivity contribution in [2.24, 2.45) is 5.92 Å². The van der Waals surface area contributed by atoms with E-state index in [0.29, 0.717) is 35.0 Å². The fourth-order valence-electron chi connectivity index (χ4n) is 2.68. The van der Waals surface area contributed by atoms with Crippen molar-refractivity contribution in [3.05, 3.63) is 65.2 Å². The zero-order valence-corrected chi connectivity index (χ0v) is 16.6. The van der Waals surface area contributed by atoms with Gasteiger partial charge in [0.15, 0.2) is 11.6 Å². The molecule has 0 aliphatic heterocycles. The highest BCUT2D eigenvalue weighted by atomic mass is 16.5. The van der Waals surface area contributed by atoms with Crippen molar-refractivity contribution >= 4 is 17.5 Å². The minimum atomic E-state index is -0.471. The summed E-state index contributed by atoms with van der Waals surface area (Å²) in [5.41, 5.74) is 1.20. The zero-order chi connectivity index (χ0) is 20.5. The number of methoxy groups -OCH3 is 1. The monoisotopic (exact) mass is 382 g/mol. The number of Topliss-reactive ketones (excluding diaryl/α,β-unsaturated/α-hetero) is 2. The van der Waals surface area contributed by atoms with Gasteiger partial charge >= 0.3 is 5.97 Å². The lowest BCUT2D eigenvalue weighted by molar-refractivity contribution is 0.0600. The average Bonchev–Trinajstić information content (AvgIpc) is 2.71. The summed E-state index contributed by atoms with van der Waals surface area (Å²) < 4.78 is 10.3. The molecule has 0 radical (unpaired) electrons. The Bertz CT molecular complexity index is 804. The highest BCUT2D eigenvalue weighted by Gasteiger charge is 2.15. The van der Waals surface area contributed by atoms with E-state index in [4.69, 9.17) is 4.74 Å². The second-order valence-electron chi connectivity index (χ2n) is 7.00. The molecule has 0 atom stereocenters. The van der Waals surface area contributed by atoms with Crippen molar-refractivity contribution in [1.82, 2.24) is 0 Å². The second-order valence-corrected chi connectivity index (χ2v) is 7.00. The predicted molar refractivity (Wildman–Crippen MR) is 107 cm³/mol. The molecule has 0 amide bonds. The van der Waals surface area contributed by atoms with Crippen LogP contribution >= 0.6 is 0 Å². The molecule has 148 valence electrons. The van der Waals surface area contributed by atoms with Crippen molar-refractivity contribution < 1.29 is 23.9 Å². The maximum absolute atomic E-state index is 12.4. The van der Waals surface area contributed by atoms with Crippen LogP contribution in [0.1, 0.15) is 64.2 Å². The molecular formula is C23H26O5. The van der Waals surface area contributed by atoms with Crippen LogP contribution in [-0.2, 0) is 4.74 Å². The number of carbonyl (C=O) groups is 3. The van der Waals surface area contributed by atoms with Gasteiger partial charge in [-0.25, -0.2) is 4.79 Å². The molecule has 2 aromatic rings. The van der Waals surface area contributed by atoms with Gasteiger partial charge in [-0.1, -0.05) is 26.0 Å². The number of ketones is 2. The Balaban J connectivity index is 1.89. The number of hydrogen-bond donors (Lipinski definition) is 0. The Morgan fingerprint density at radius 1 is 0.821 bits per heavy atom. The van der Waals surface area contributed by atoms with E-state index in [1.54, 1.807) is 24.3 Å². The first-order valence-corrected chi connectivity index (χ1v) is 9.38. The van der Waals surface area contributed by atoms with E-state index in [-0.39, 0.29) is 18.0 Å². The van der Waals surface area contributed by atoms with Crippen LogP contribution in [0.25, 0.3) is 0 Å². The molecule has 0 aliphatic rings. The first-order chi connectivity index (χ1) is 13.4. The van der Waals surface area contributed by atoms with Gasteiger partial charge in [-0.2, -0.15) is 0 Å². The smallest absolute Gasteiger partial charge is 0.337 e. The van der Waals surface area contributed by atoms with Crippen molar-refractivity contribution in [2.75, 3.05) is 13.7 Å². The van der Waals surface area contributed by atoms with Gasteiger partial charge in [0.1, 0.15) is 5.75 Å². The summed E-state index contributed by atoms with van der Waals surface area (Å²) in [5, 5.41) is 0. The third-order valence-corrected chi connectivity index (χ3v) is 4.32. The molecule has 0 heterocycles. The summed E-state index contributed by atoms with van der Waals surface area (Å²) >= 11 is 0. The van der Waals surface area contributed by atoms with Gasteiger partial charge < -0.3 is 9.47 Å². The van der Waals surface area contributed by atoms with E-state index >= 15 is 0 Å². The number of carbonyl (C=O) groups excluding carboxylic acids is 3. The fourth-order valence-corrected chi connectivity index (χ4v) is 2.68. The summed E-state index contributed by atoms with van der Waals surface area (Å²) in [6.45, 7) is 5.00. The topological polar surface area (TPSA) is 69.7 Å². The quantitative estimate of drug-likeness (QED) is 0.257. The largest absolute Gasteiger partial charge is 0.494 e. The molecular weight excluding hydrogens is 356 g/mol. The molecule has 0 spiro atoms. The van der Waals surface area contributed by atoms with Gasteiger partial charge in [0.05, 0.1) is 25.7 Å². The van der Waals surface area contributed by atoms with Crippen molar-refractivity contribution in [1.29, 1.82) is 0 Å². The molecule has 0 saturated heterocycles. The SMILES string of the molecule is COC(=O)c1ccc(C(=O)CC(=O)c2ccc(OCCCC(C)C)cc2)cc1. The summed E-state index contributed by atoms with van der Waals surface area (Å²) in [5.74, 6) is 0.341. The first-order valence-electron chi connectivity index (χ1n) is 9.38. The van der Waals surface area contributed by atoms with Crippen LogP contribution in [0.5, 0.6) is 5.75 Å². The molecule has 28 heavy (non-hydrogen) atoms. The Hall–Kier alpha value is -2.95. The van der Waals surface area contributed by atoms with E-state index in [2.05, 4.69) is 18.6 Å². The van der Waals surface area contributed by atoms with Gasteiger partial charge in [-0.05, 0) is 55.2 Å². The summed E-state index contributed by atoms with van der Waals surface area (Å²) in [7, 11) is 1.29. The lowest BCUT2D eigenvalue weighted by Crippen LogP contribution is -2.09. The molecule has 0 unspecified atom stereocenters. The van der Waals surface area contributed by atoms with Crippen molar-refractivity contribution in [2.45, 2.75) is 33.1 Å². The normalized spacial score (nSPS) is 10.6. The molecule has 0 aliphatic carbocycles. The Kier molecular flexibility index (Phi) is 7.93. The number of ether oxygens (including phenoxy) is 2. The highest BCUT2D eigenvalue weighted by Crippen LogP contribution is 2.16. The van der Waals surface area contributed by atoms with Gasteiger partial charge in [0.25, 0.3) is 0 Å². The van der Waals surface area contributed by atoms with Gasteiger partial charge in [-0.3, -0.25) is 9.59 Å². The van der Waals surface area contributed by atoms with E-state index in [1.807, 2.05) is 0 Å². The number of benzene rings is 2. The van der Waals surface area contributed by atoms with Crippen LogP contribution in [0.4, 0.5) is 0 Å². The Morgan fingerprint density at radius 3 is 1.82 bits per heavy atom. The van der Waals surface area contributed by atoms with Gasteiger partial charge in [0, 0.05) is 11.1 Å². The van der Waals surface area contributed by atoms with E-state index < -0.39 is 5.97 Å². The minimum Gasteiger partial charge on any atom is -0.494 e. The molecule has 0 fully saturated rings. The molecule has 0 aromatic heterocycles. The number of rotatable bonds is 10. The van der Waals surface area contributed by atoms with Crippen LogP contribution in [0.3, 0.4) is 0 Å². The van der Waals surface area contributed by atoms with Crippen LogP contribution in [-0.4, -0.2) is 31.3 Å². The minimum absolute atomic E-state index is 0.230. The highest BCUT2D eigenvalue weighted by molar-refractivity contribution is 6.13. The zero-order valence-electron chi connectivity index (χ0n) is 16.6. The number of hydrogen-bond acceptors (Lipinski definition) is 5. The molecule has 5 heteroatoms. The van der Waals surface area contributed by atoms with Crippen molar-refractivity contribution in [3.8, 4) is 5.75 Å². The molecule has 0 bridgehead atoms. The summed E-state index contributed by atoms with van der Waals surface area (Å²) in [4.78, 5) is 36.1. The maximum Gasteiger partial charge on any atom is 0.337 e. The summed E-state index contributed by atoms with van der Waals surface area (Å²) in [6.07, 6.45) is 1.87. The fraction of sp³-hybridized carbons (Fsp3) is 0.348.